The van der Waals surface area contributed by atoms with E-state index in [-0.39, 0.29) is 12.5 Å². The van der Waals surface area contributed by atoms with E-state index in [1.165, 1.54) is 11.3 Å². The van der Waals surface area contributed by atoms with E-state index in [0.717, 1.165) is 21.3 Å². The van der Waals surface area contributed by atoms with Crippen LogP contribution in [-0.4, -0.2) is 24.1 Å². The monoisotopic (exact) mass is 381 g/mol. The van der Waals surface area contributed by atoms with Gasteiger partial charge < -0.3 is 9.47 Å². The molecule has 1 aromatic heterocycles. The van der Waals surface area contributed by atoms with Gasteiger partial charge in [0.15, 0.2) is 23.2 Å². The maximum absolute atomic E-state index is 12.2. The van der Waals surface area contributed by atoms with Crippen LogP contribution in [0.25, 0.3) is 10.2 Å². The smallest absolute Gasteiger partial charge is 0.264 e. The van der Waals surface area contributed by atoms with Gasteiger partial charge in [0.1, 0.15) is 0 Å². The topological polar surface area (TPSA) is 84.2 Å². The number of thiazole rings is 1. The van der Waals surface area contributed by atoms with Crippen LogP contribution >= 0.6 is 11.3 Å². The van der Waals surface area contributed by atoms with Gasteiger partial charge in [0.2, 0.25) is 0 Å². The molecule has 0 unspecified atom stereocenters. The first-order valence-corrected chi connectivity index (χ1v) is 9.29. The van der Waals surface area contributed by atoms with E-state index >= 15 is 0 Å². The molecule has 0 saturated heterocycles. The number of fused-ring (bicyclic) bond motifs is 1. The SMILES string of the molecule is CCOc1cc(C#N)ccc1OCC(=O)Nc1nc2c(C)cc(C)cc2s1. The highest BCUT2D eigenvalue weighted by molar-refractivity contribution is 7.22. The zero-order chi connectivity index (χ0) is 19.4. The number of hydrogen-bond donors (Lipinski definition) is 1. The summed E-state index contributed by atoms with van der Waals surface area (Å²) in [7, 11) is 0. The van der Waals surface area contributed by atoms with Crippen molar-refractivity contribution in [2.75, 3.05) is 18.5 Å². The lowest BCUT2D eigenvalue weighted by Crippen LogP contribution is -2.20. The zero-order valence-corrected chi connectivity index (χ0v) is 16.1. The summed E-state index contributed by atoms with van der Waals surface area (Å²) in [5.41, 5.74) is 3.61. The normalized spacial score (nSPS) is 10.4. The molecule has 2 aromatic carbocycles. The van der Waals surface area contributed by atoms with E-state index in [1.54, 1.807) is 18.2 Å². The third-order valence-corrected chi connectivity index (χ3v) is 4.73. The number of nitrogens with zero attached hydrogens (tertiary/aromatic N) is 2. The first kappa shape index (κ1) is 18.7. The predicted molar refractivity (Wildman–Crippen MR) is 106 cm³/mol. The van der Waals surface area contributed by atoms with Crippen LogP contribution in [0.4, 0.5) is 5.13 Å². The Bertz CT molecular complexity index is 1040. The third kappa shape index (κ3) is 4.36. The second-order valence-corrected chi connectivity index (χ2v) is 7.02. The van der Waals surface area contributed by atoms with Gasteiger partial charge in [0.25, 0.3) is 5.91 Å². The molecule has 0 spiro atoms. The van der Waals surface area contributed by atoms with E-state index < -0.39 is 0 Å². The molecule has 1 N–H and O–H groups in total. The lowest BCUT2D eigenvalue weighted by Gasteiger charge is -2.11. The van der Waals surface area contributed by atoms with E-state index in [1.807, 2.05) is 26.8 Å². The minimum atomic E-state index is -0.310. The summed E-state index contributed by atoms with van der Waals surface area (Å²) in [4.78, 5) is 16.7. The highest BCUT2D eigenvalue weighted by Gasteiger charge is 2.12. The van der Waals surface area contributed by atoms with Crippen molar-refractivity contribution < 1.29 is 14.3 Å². The van der Waals surface area contributed by atoms with Crippen LogP contribution in [-0.2, 0) is 4.79 Å². The first-order valence-electron chi connectivity index (χ1n) is 8.47. The number of rotatable bonds is 6. The van der Waals surface area contributed by atoms with Crippen LogP contribution in [0.2, 0.25) is 0 Å². The molecule has 3 aromatic rings. The predicted octanol–water partition coefficient (Wildman–Crippen LogP) is 4.20. The summed E-state index contributed by atoms with van der Waals surface area (Å²) < 4.78 is 12.1. The second kappa shape index (κ2) is 8.06. The molecule has 1 heterocycles. The highest BCUT2D eigenvalue weighted by Crippen LogP contribution is 2.30. The lowest BCUT2D eigenvalue weighted by molar-refractivity contribution is -0.118. The molecule has 0 saturated carbocycles. The summed E-state index contributed by atoms with van der Waals surface area (Å²) in [6.45, 7) is 6.13. The third-order valence-electron chi connectivity index (χ3n) is 3.81. The maximum atomic E-state index is 12.2. The number of nitriles is 1. The van der Waals surface area contributed by atoms with Crippen molar-refractivity contribution in [3.63, 3.8) is 0 Å². The average Bonchev–Trinajstić information content (AvgIpc) is 3.03. The molecular weight excluding hydrogens is 362 g/mol. The summed E-state index contributed by atoms with van der Waals surface area (Å²) in [6.07, 6.45) is 0. The minimum absolute atomic E-state index is 0.181. The van der Waals surface area contributed by atoms with Crippen LogP contribution in [0.5, 0.6) is 11.5 Å². The van der Waals surface area contributed by atoms with Crippen LogP contribution in [0.15, 0.2) is 30.3 Å². The molecule has 27 heavy (non-hydrogen) atoms. The Labute approximate surface area is 161 Å². The van der Waals surface area contributed by atoms with Gasteiger partial charge in [-0.05, 0) is 50.1 Å². The molecule has 0 aliphatic carbocycles. The number of amides is 1. The number of benzene rings is 2. The summed E-state index contributed by atoms with van der Waals surface area (Å²) in [5.74, 6) is 0.549. The molecule has 6 nitrogen and oxygen atoms in total. The van der Waals surface area contributed by atoms with Crippen LogP contribution in [0, 0.1) is 25.2 Å². The van der Waals surface area contributed by atoms with Crippen molar-refractivity contribution in [2.45, 2.75) is 20.8 Å². The van der Waals surface area contributed by atoms with E-state index in [4.69, 9.17) is 14.7 Å². The Hall–Kier alpha value is -3.11. The van der Waals surface area contributed by atoms with Crippen molar-refractivity contribution in [3.8, 4) is 17.6 Å². The van der Waals surface area contributed by atoms with Crippen LogP contribution < -0.4 is 14.8 Å². The fraction of sp³-hybridized carbons (Fsp3) is 0.250. The molecule has 0 atom stereocenters. The van der Waals surface area contributed by atoms with Crippen molar-refractivity contribution >= 4 is 32.6 Å². The fourth-order valence-electron chi connectivity index (χ4n) is 2.69. The fourth-order valence-corrected chi connectivity index (χ4v) is 3.75. The van der Waals surface area contributed by atoms with Gasteiger partial charge in [0.05, 0.1) is 28.5 Å². The molecule has 0 aliphatic heterocycles. The van der Waals surface area contributed by atoms with Gasteiger partial charge in [-0.2, -0.15) is 5.26 Å². The Balaban J connectivity index is 1.68. The Morgan fingerprint density at radius 2 is 2.04 bits per heavy atom. The largest absolute Gasteiger partial charge is 0.490 e. The van der Waals surface area contributed by atoms with Gasteiger partial charge in [0, 0.05) is 6.07 Å². The molecule has 138 valence electrons. The van der Waals surface area contributed by atoms with E-state index in [2.05, 4.69) is 22.4 Å². The number of aryl methyl sites for hydroxylation is 2. The molecule has 0 radical (unpaired) electrons. The minimum Gasteiger partial charge on any atom is -0.490 e. The second-order valence-electron chi connectivity index (χ2n) is 5.99. The number of aromatic nitrogens is 1. The van der Waals surface area contributed by atoms with E-state index in [0.29, 0.717) is 28.8 Å². The lowest BCUT2D eigenvalue weighted by atomic mass is 10.1. The number of hydrogen-bond acceptors (Lipinski definition) is 6. The number of carbonyl (C=O) groups is 1. The van der Waals surface area contributed by atoms with Crippen molar-refractivity contribution in [1.29, 1.82) is 5.26 Å². The number of anilines is 1. The standard InChI is InChI=1S/C20H19N3O3S/c1-4-25-16-9-14(10-21)5-6-15(16)26-11-18(24)22-20-23-19-13(3)7-12(2)8-17(19)27-20/h5-9H,4,11H2,1-3H3,(H,22,23,24). The Kier molecular flexibility index (Phi) is 5.57. The van der Waals surface area contributed by atoms with E-state index in [9.17, 15) is 4.79 Å². The Morgan fingerprint density at radius 1 is 1.22 bits per heavy atom. The van der Waals surface area contributed by atoms with Crippen molar-refractivity contribution in [1.82, 2.24) is 4.98 Å². The van der Waals surface area contributed by atoms with Crippen LogP contribution in [0.1, 0.15) is 23.6 Å². The molecule has 0 fully saturated rings. The van der Waals surface area contributed by atoms with Gasteiger partial charge >= 0.3 is 0 Å². The maximum Gasteiger partial charge on any atom is 0.264 e. The molecule has 0 aliphatic rings. The molecular formula is C20H19N3O3S. The zero-order valence-electron chi connectivity index (χ0n) is 15.3. The Morgan fingerprint density at radius 3 is 2.78 bits per heavy atom. The van der Waals surface area contributed by atoms with Gasteiger partial charge in [-0.15, -0.1) is 0 Å². The number of nitrogens with one attached hydrogen (secondary N) is 1. The van der Waals surface area contributed by atoms with Crippen molar-refractivity contribution in [2.24, 2.45) is 0 Å². The van der Waals surface area contributed by atoms with Gasteiger partial charge in [-0.3, -0.25) is 10.1 Å². The molecule has 7 heteroatoms. The van der Waals surface area contributed by atoms with Crippen LogP contribution in [0.3, 0.4) is 0 Å². The highest BCUT2D eigenvalue weighted by atomic mass is 32.1. The number of ether oxygens (including phenoxy) is 2. The summed E-state index contributed by atoms with van der Waals surface area (Å²) in [5, 5.41) is 12.3. The van der Waals surface area contributed by atoms with Crippen molar-refractivity contribution in [3.05, 3.63) is 47.0 Å². The summed E-state index contributed by atoms with van der Waals surface area (Å²) >= 11 is 1.43. The number of carbonyl (C=O) groups excluding carboxylic acids is 1. The molecule has 3 rings (SSSR count). The van der Waals surface area contributed by atoms with Gasteiger partial charge in [-0.1, -0.05) is 17.4 Å². The summed E-state index contributed by atoms with van der Waals surface area (Å²) in [6, 6.07) is 11.0. The first-order chi connectivity index (χ1) is 13.0. The quantitative estimate of drug-likeness (QED) is 0.692. The average molecular weight is 381 g/mol. The molecule has 1 amide bonds. The molecule has 0 bridgehead atoms. The van der Waals surface area contributed by atoms with Gasteiger partial charge in [-0.25, -0.2) is 4.98 Å².